The third-order valence-electron chi connectivity index (χ3n) is 9.73. The highest BCUT2D eigenvalue weighted by atomic mass is 32.2. The van der Waals surface area contributed by atoms with E-state index in [-0.39, 0.29) is 38.0 Å². The second kappa shape index (κ2) is 8.93. The molecule has 1 heterocycles. The average molecular weight is 545 g/mol. The summed E-state index contributed by atoms with van der Waals surface area (Å²) in [5.41, 5.74) is -7.21. The average Bonchev–Trinajstić information content (AvgIpc) is 3.45. The predicted molar refractivity (Wildman–Crippen MR) is 126 cm³/mol. The number of carbonyl (C=O) groups is 3. The molecule has 5 aliphatic rings. The quantitative estimate of drug-likeness (QED) is 0.538. The third kappa shape index (κ3) is 3.42. The molecule has 4 aliphatic carbocycles. The molecule has 0 aromatic carbocycles. The largest absolute Gasteiger partial charge is 0.445 e. The Hall–Kier alpha value is -1.69. The zero-order chi connectivity index (χ0) is 27.0. The fourth-order valence-corrected chi connectivity index (χ4v) is 8.87. The molecule has 204 valence electrons. The van der Waals surface area contributed by atoms with Crippen LogP contribution in [0.15, 0.2) is 23.8 Å². The van der Waals surface area contributed by atoms with Crippen molar-refractivity contribution in [2.75, 3.05) is 19.2 Å². The maximum Gasteiger partial charge on any atom is 0.364 e. The summed E-state index contributed by atoms with van der Waals surface area (Å²) in [5.74, 6) is -3.86. The van der Waals surface area contributed by atoms with Gasteiger partial charge in [0.15, 0.2) is 17.1 Å². The topological polar surface area (TPSA) is 99.1 Å². The molecule has 1 aliphatic heterocycles. The Kier molecular flexibility index (Phi) is 6.49. The standard InChI is InChI=1S/C26H31F3O7S/c1-13-8-15-16-10-18(28)17-9-14(30)4-5-23(17,2)25(16,29)19(31)11-24(15,3)26(13,22(33)37-12-27)36-20(32)21-34-6-7-35-21/h4-5,9,13,15-16,18-19,21,31H,6-8,10-12H2,1-3H3/t13-,15+,16+,18+,19+,23+,24+,25+,26+/m1/s1. The molecular weight excluding hydrogens is 513 g/mol. The molecular formula is C26H31F3O7S. The van der Waals surface area contributed by atoms with E-state index >= 15 is 8.78 Å². The van der Waals surface area contributed by atoms with Gasteiger partial charge in [-0.25, -0.2) is 18.0 Å². The number of aliphatic hydroxyl groups excluding tert-OH is 1. The Morgan fingerprint density at radius 2 is 1.89 bits per heavy atom. The summed E-state index contributed by atoms with van der Waals surface area (Å²) in [6.07, 6.45) is -1.50. The van der Waals surface area contributed by atoms with Gasteiger partial charge in [-0.05, 0) is 61.6 Å². The summed E-state index contributed by atoms with van der Waals surface area (Å²) in [7, 11) is 0. The first-order valence-electron chi connectivity index (χ1n) is 12.5. The summed E-state index contributed by atoms with van der Waals surface area (Å²) < 4.78 is 62.8. The number of allylic oxidation sites excluding steroid dienone is 4. The van der Waals surface area contributed by atoms with E-state index < -0.39 is 81.3 Å². The first-order chi connectivity index (χ1) is 17.4. The van der Waals surface area contributed by atoms with Gasteiger partial charge in [-0.15, -0.1) is 0 Å². The highest BCUT2D eigenvalue weighted by molar-refractivity contribution is 8.13. The molecule has 11 heteroatoms. The number of thioether (sulfide) groups is 1. The molecule has 0 radical (unpaired) electrons. The van der Waals surface area contributed by atoms with Crippen LogP contribution < -0.4 is 0 Å². The lowest BCUT2D eigenvalue weighted by Crippen LogP contribution is -2.70. The van der Waals surface area contributed by atoms with Gasteiger partial charge in [-0.3, -0.25) is 9.59 Å². The minimum atomic E-state index is -2.35. The maximum atomic E-state index is 17.4. The van der Waals surface area contributed by atoms with E-state index in [9.17, 15) is 23.9 Å². The van der Waals surface area contributed by atoms with E-state index in [4.69, 9.17) is 14.2 Å². The summed E-state index contributed by atoms with van der Waals surface area (Å²) in [5, 5.41) is 10.7. The SMILES string of the molecule is C[C@@H]1C[C@H]2[C@@H]3C[C@H](F)C4=CC(=O)C=C[C@]4(C)[C@@]3(F)[C@@H](O)C[C@]2(C)[C@@]1(OC(=O)C1OCCO1)C(=O)SCF. The van der Waals surface area contributed by atoms with Crippen LogP contribution in [0.5, 0.6) is 0 Å². The molecule has 0 spiro atoms. The van der Waals surface area contributed by atoms with E-state index in [2.05, 4.69) is 0 Å². The second-order valence-corrected chi connectivity index (χ2v) is 12.1. The Balaban J connectivity index is 1.61. The van der Waals surface area contributed by atoms with Gasteiger partial charge in [-0.2, -0.15) is 0 Å². The fourth-order valence-electron chi connectivity index (χ4n) is 8.08. The van der Waals surface area contributed by atoms with Gasteiger partial charge < -0.3 is 19.3 Å². The molecule has 5 rings (SSSR count). The van der Waals surface area contributed by atoms with Gasteiger partial charge in [0.2, 0.25) is 5.12 Å². The Morgan fingerprint density at radius 1 is 1.22 bits per heavy atom. The number of halogens is 3. The number of aliphatic hydroxyl groups is 1. The van der Waals surface area contributed by atoms with Crippen molar-refractivity contribution >= 4 is 28.6 Å². The van der Waals surface area contributed by atoms with Crippen LogP contribution >= 0.6 is 11.8 Å². The van der Waals surface area contributed by atoms with Crippen LogP contribution in [0.3, 0.4) is 0 Å². The van der Waals surface area contributed by atoms with E-state index in [0.717, 1.165) is 6.08 Å². The molecule has 37 heavy (non-hydrogen) atoms. The Morgan fingerprint density at radius 3 is 2.54 bits per heavy atom. The predicted octanol–water partition coefficient (Wildman–Crippen LogP) is 3.39. The third-order valence-corrected chi connectivity index (χ3v) is 10.4. The van der Waals surface area contributed by atoms with Crippen molar-refractivity contribution in [3.05, 3.63) is 23.8 Å². The molecule has 1 N–H and O–H groups in total. The number of rotatable bonds is 4. The van der Waals surface area contributed by atoms with Crippen LogP contribution in [0.25, 0.3) is 0 Å². The Labute approximate surface area is 217 Å². The monoisotopic (exact) mass is 544 g/mol. The number of fused-ring (bicyclic) bond motifs is 5. The van der Waals surface area contributed by atoms with Crippen molar-refractivity contribution in [2.24, 2.45) is 28.6 Å². The summed E-state index contributed by atoms with van der Waals surface area (Å²) in [4.78, 5) is 38.6. The van der Waals surface area contributed by atoms with Crippen molar-refractivity contribution in [3.63, 3.8) is 0 Å². The lowest BCUT2D eigenvalue weighted by atomic mass is 9.44. The van der Waals surface area contributed by atoms with E-state index in [1.54, 1.807) is 13.8 Å². The van der Waals surface area contributed by atoms with Crippen molar-refractivity contribution < 1.29 is 46.9 Å². The zero-order valence-electron chi connectivity index (χ0n) is 20.9. The van der Waals surface area contributed by atoms with Crippen LogP contribution in [-0.4, -0.2) is 71.0 Å². The fraction of sp³-hybridized carbons (Fsp3) is 0.731. The number of ketones is 1. The lowest BCUT2D eigenvalue weighted by Gasteiger charge is -2.63. The van der Waals surface area contributed by atoms with E-state index in [1.807, 2.05) is 0 Å². The minimum Gasteiger partial charge on any atom is -0.445 e. The number of hydrogen-bond acceptors (Lipinski definition) is 8. The molecule has 9 atom stereocenters. The van der Waals surface area contributed by atoms with Gasteiger partial charge in [0, 0.05) is 22.7 Å². The molecule has 1 saturated heterocycles. The van der Waals surface area contributed by atoms with Crippen LogP contribution in [0.2, 0.25) is 0 Å². The highest BCUT2D eigenvalue weighted by Gasteiger charge is 2.78. The molecule has 7 nitrogen and oxygen atoms in total. The number of ether oxygens (including phenoxy) is 3. The van der Waals surface area contributed by atoms with Crippen LogP contribution in [-0.2, 0) is 28.6 Å². The van der Waals surface area contributed by atoms with Crippen molar-refractivity contribution in [1.82, 2.24) is 0 Å². The van der Waals surface area contributed by atoms with E-state index in [1.165, 1.54) is 19.1 Å². The number of carbonyl (C=O) groups excluding carboxylic acids is 3. The smallest absolute Gasteiger partial charge is 0.364 e. The van der Waals surface area contributed by atoms with Crippen LogP contribution in [0.4, 0.5) is 13.2 Å². The molecule has 4 fully saturated rings. The summed E-state index contributed by atoms with van der Waals surface area (Å²) in [6, 6.07) is -1.07. The molecule has 0 amide bonds. The normalized spacial score (nSPS) is 47.2. The molecule has 0 aromatic rings. The maximum absolute atomic E-state index is 17.4. The van der Waals surface area contributed by atoms with Gasteiger partial charge in [0.25, 0.3) is 6.29 Å². The van der Waals surface area contributed by atoms with Crippen LogP contribution in [0.1, 0.15) is 40.0 Å². The highest BCUT2D eigenvalue weighted by Crippen LogP contribution is 2.72. The molecule has 3 saturated carbocycles. The molecule has 0 bridgehead atoms. The van der Waals surface area contributed by atoms with Gasteiger partial charge in [0.1, 0.15) is 12.2 Å². The lowest BCUT2D eigenvalue weighted by molar-refractivity contribution is -0.235. The van der Waals surface area contributed by atoms with Crippen LogP contribution in [0, 0.1) is 28.6 Å². The summed E-state index contributed by atoms with van der Waals surface area (Å²) >= 11 is 0.346. The molecule has 0 aromatic heterocycles. The van der Waals surface area contributed by atoms with Gasteiger partial charge >= 0.3 is 5.97 Å². The van der Waals surface area contributed by atoms with Crippen molar-refractivity contribution in [1.29, 1.82) is 0 Å². The van der Waals surface area contributed by atoms with Gasteiger partial charge in [0.05, 0.1) is 19.3 Å². The molecule has 0 unspecified atom stereocenters. The number of alkyl halides is 3. The Bertz CT molecular complexity index is 1080. The zero-order valence-corrected chi connectivity index (χ0v) is 21.7. The minimum absolute atomic E-state index is 0.00951. The summed E-state index contributed by atoms with van der Waals surface area (Å²) in [6.45, 7) is 5.09. The number of esters is 1. The number of hydrogen-bond donors (Lipinski definition) is 1. The first kappa shape index (κ1) is 26.9. The van der Waals surface area contributed by atoms with E-state index in [0.29, 0.717) is 11.8 Å². The van der Waals surface area contributed by atoms with Crippen molar-refractivity contribution in [2.45, 2.75) is 69.9 Å². The van der Waals surface area contributed by atoms with Gasteiger partial charge in [-0.1, -0.05) is 19.9 Å². The first-order valence-corrected chi connectivity index (χ1v) is 13.5. The second-order valence-electron chi connectivity index (χ2n) is 11.3. The van der Waals surface area contributed by atoms with Crippen molar-refractivity contribution in [3.8, 4) is 0 Å².